The molecule has 0 aliphatic carbocycles. The molecular weight excluding hydrogens is 200 g/mol. The lowest BCUT2D eigenvalue weighted by Crippen LogP contribution is -2.49. The van der Waals surface area contributed by atoms with E-state index >= 15 is 0 Å². The number of nitrogens with one attached hydrogen (secondary N) is 1. The van der Waals surface area contributed by atoms with E-state index in [1.54, 1.807) is 12.3 Å². The van der Waals surface area contributed by atoms with Crippen molar-refractivity contribution in [1.29, 1.82) is 0 Å². The zero-order chi connectivity index (χ0) is 11.8. The number of hydrogen-bond donors (Lipinski definition) is 3. The van der Waals surface area contributed by atoms with Gasteiger partial charge >= 0.3 is 0 Å². The summed E-state index contributed by atoms with van der Waals surface area (Å²) in [6.45, 7) is 4.11. The minimum Gasteiger partial charge on any atom is -0.384 e. The number of aryl methyl sites for hydroxylation is 2. The molecule has 2 rings (SSSR count). The number of rotatable bonds is 1. The summed E-state index contributed by atoms with van der Waals surface area (Å²) in [5.41, 5.74) is 15.1. The molecular formula is C12H16N4. The summed E-state index contributed by atoms with van der Waals surface area (Å²) in [6, 6.07) is 6.02. The van der Waals surface area contributed by atoms with Gasteiger partial charge in [-0.2, -0.15) is 0 Å². The Hall–Kier alpha value is -1.81. The average molecular weight is 216 g/mol. The second kappa shape index (κ2) is 3.64. The second-order valence-corrected chi connectivity index (χ2v) is 4.08. The molecule has 1 atom stereocenters. The number of hydrogen-bond acceptors (Lipinski definition) is 4. The van der Waals surface area contributed by atoms with Gasteiger partial charge in [-0.25, -0.2) is 4.99 Å². The standard InChI is InChI=1S/C12H16N4/c1-8-3-4-10(7-9(8)2)12(14)15-6-5-11(13)16-12/h3-7,15H,14H2,1-2H3,(H2,13,16). The molecule has 1 unspecified atom stereocenters. The third-order valence-electron chi connectivity index (χ3n) is 2.81. The number of aliphatic imine (C=N–C) groups is 1. The predicted molar refractivity (Wildman–Crippen MR) is 65.7 cm³/mol. The molecule has 0 amide bonds. The topological polar surface area (TPSA) is 76.4 Å². The van der Waals surface area contributed by atoms with E-state index < -0.39 is 5.79 Å². The van der Waals surface area contributed by atoms with Gasteiger partial charge in [0, 0.05) is 11.8 Å². The minimum absolute atomic E-state index is 0.430. The molecule has 0 saturated carbocycles. The molecule has 1 heterocycles. The van der Waals surface area contributed by atoms with Gasteiger partial charge in [-0.15, -0.1) is 0 Å². The van der Waals surface area contributed by atoms with Gasteiger partial charge in [0.2, 0.25) is 5.79 Å². The molecule has 84 valence electrons. The Morgan fingerprint density at radius 3 is 2.62 bits per heavy atom. The molecule has 1 aromatic rings. The van der Waals surface area contributed by atoms with Crippen LogP contribution in [0.3, 0.4) is 0 Å². The Labute approximate surface area is 95.1 Å². The van der Waals surface area contributed by atoms with Gasteiger partial charge in [0.25, 0.3) is 0 Å². The fraction of sp³-hybridized carbons (Fsp3) is 0.250. The smallest absolute Gasteiger partial charge is 0.211 e. The van der Waals surface area contributed by atoms with Crippen LogP contribution in [0.2, 0.25) is 0 Å². The lowest BCUT2D eigenvalue weighted by atomic mass is 10.0. The van der Waals surface area contributed by atoms with Crippen molar-refractivity contribution in [1.82, 2.24) is 5.32 Å². The van der Waals surface area contributed by atoms with Gasteiger partial charge in [0.1, 0.15) is 5.84 Å². The number of nitrogens with two attached hydrogens (primary N) is 2. The van der Waals surface area contributed by atoms with Crippen LogP contribution in [0, 0.1) is 13.8 Å². The first-order valence-electron chi connectivity index (χ1n) is 5.17. The summed E-state index contributed by atoms with van der Waals surface area (Å²) >= 11 is 0. The summed E-state index contributed by atoms with van der Waals surface area (Å²) in [4.78, 5) is 4.23. The zero-order valence-corrected chi connectivity index (χ0v) is 9.49. The molecule has 0 spiro atoms. The normalized spacial score (nSPS) is 23.8. The first kappa shape index (κ1) is 10.7. The Morgan fingerprint density at radius 1 is 1.25 bits per heavy atom. The maximum Gasteiger partial charge on any atom is 0.211 e. The summed E-state index contributed by atoms with van der Waals surface area (Å²) < 4.78 is 0. The Kier molecular flexibility index (Phi) is 2.44. The van der Waals surface area contributed by atoms with Gasteiger partial charge in [-0.1, -0.05) is 18.2 Å². The van der Waals surface area contributed by atoms with Crippen molar-refractivity contribution >= 4 is 5.84 Å². The fourth-order valence-corrected chi connectivity index (χ4v) is 1.65. The third-order valence-corrected chi connectivity index (χ3v) is 2.81. The van der Waals surface area contributed by atoms with Crippen molar-refractivity contribution in [3.8, 4) is 0 Å². The van der Waals surface area contributed by atoms with Crippen molar-refractivity contribution in [3.63, 3.8) is 0 Å². The molecule has 1 aliphatic rings. The highest BCUT2D eigenvalue weighted by molar-refractivity contribution is 5.92. The van der Waals surface area contributed by atoms with E-state index in [0.29, 0.717) is 5.84 Å². The lowest BCUT2D eigenvalue weighted by Gasteiger charge is -2.29. The van der Waals surface area contributed by atoms with Gasteiger partial charge in [-0.05, 0) is 31.1 Å². The largest absolute Gasteiger partial charge is 0.384 e. The van der Waals surface area contributed by atoms with Crippen LogP contribution in [-0.4, -0.2) is 5.84 Å². The Bertz CT molecular complexity index is 476. The molecule has 1 aromatic carbocycles. The summed E-state index contributed by atoms with van der Waals surface area (Å²) in [5.74, 6) is -0.517. The SMILES string of the molecule is Cc1ccc(C2(N)N=C(N)C=CN2)cc1C. The van der Waals surface area contributed by atoms with Crippen LogP contribution in [0.25, 0.3) is 0 Å². The fourth-order valence-electron chi connectivity index (χ4n) is 1.65. The van der Waals surface area contributed by atoms with Crippen LogP contribution < -0.4 is 16.8 Å². The van der Waals surface area contributed by atoms with Gasteiger partial charge in [0.05, 0.1) is 0 Å². The number of benzene rings is 1. The van der Waals surface area contributed by atoms with E-state index in [1.807, 2.05) is 25.1 Å². The van der Waals surface area contributed by atoms with E-state index in [-0.39, 0.29) is 0 Å². The monoisotopic (exact) mass is 216 g/mol. The maximum atomic E-state index is 6.16. The first-order valence-corrected chi connectivity index (χ1v) is 5.17. The summed E-state index contributed by atoms with van der Waals surface area (Å²) in [6.07, 6.45) is 3.41. The number of amidine groups is 1. The van der Waals surface area contributed by atoms with Crippen molar-refractivity contribution in [2.75, 3.05) is 0 Å². The van der Waals surface area contributed by atoms with Crippen LogP contribution in [0.15, 0.2) is 35.5 Å². The van der Waals surface area contributed by atoms with E-state index in [0.717, 1.165) is 5.56 Å². The molecule has 0 radical (unpaired) electrons. The first-order chi connectivity index (χ1) is 7.51. The van der Waals surface area contributed by atoms with Crippen molar-refractivity contribution < 1.29 is 0 Å². The zero-order valence-electron chi connectivity index (χ0n) is 9.49. The third kappa shape index (κ3) is 1.79. The second-order valence-electron chi connectivity index (χ2n) is 4.08. The van der Waals surface area contributed by atoms with Crippen molar-refractivity contribution in [2.24, 2.45) is 16.5 Å². The van der Waals surface area contributed by atoms with Crippen molar-refractivity contribution in [2.45, 2.75) is 19.6 Å². The van der Waals surface area contributed by atoms with Gasteiger partial charge < -0.3 is 11.1 Å². The van der Waals surface area contributed by atoms with Crippen LogP contribution >= 0.6 is 0 Å². The van der Waals surface area contributed by atoms with E-state index in [9.17, 15) is 0 Å². The van der Waals surface area contributed by atoms with Crippen molar-refractivity contribution in [3.05, 3.63) is 47.2 Å². The minimum atomic E-state index is -0.947. The van der Waals surface area contributed by atoms with Crippen LogP contribution in [0.5, 0.6) is 0 Å². The van der Waals surface area contributed by atoms with Gasteiger partial charge in [-0.3, -0.25) is 5.73 Å². The lowest BCUT2D eigenvalue weighted by molar-refractivity contribution is 0.409. The van der Waals surface area contributed by atoms with E-state index in [1.165, 1.54) is 11.1 Å². The summed E-state index contributed by atoms with van der Waals surface area (Å²) in [5, 5.41) is 3.02. The maximum absolute atomic E-state index is 6.16. The summed E-state index contributed by atoms with van der Waals surface area (Å²) in [7, 11) is 0. The Balaban J connectivity index is 2.44. The quantitative estimate of drug-likeness (QED) is 0.651. The van der Waals surface area contributed by atoms with E-state index in [4.69, 9.17) is 11.5 Å². The van der Waals surface area contributed by atoms with Crippen LogP contribution in [0.1, 0.15) is 16.7 Å². The molecule has 16 heavy (non-hydrogen) atoms. The van der Waals surface area contributed by atoms with E-state index in [2.05, 4.69) is 17.2 Å². The molecule has 5 N–H and O–H groups in total. The average Bonchev–Trinajstić information content (AvgIpc) is 2.21. The molecule has 0 fully saturated rings. The molecule has 4 heteroatoms. The molecule has 0 aromatic heterocycles. The highest BCUT2D eigenvalue weighted by Crippen LogP contribution is 2.21. The highest BCUT2D eigenvalue weighted by atomic mass is 15.3. The van der Waals surface area contributed by atoms with Crippen LogP contribution in [0.4, 0.5) is 0 Å². The Morgan fingerprint density at radius 2 is 2.00 bits per heavy atom. The van der Waals surface area contributed by atoms with Gasteiger partial charge in [0.15, 0.2) is 0 Å². The molecule has 0 bridgehead atoms. The highest BCUT2D eigenvalue weighted by Gasteiger charge is 2.27. The van der Waals surface area contributed by atoms with Crippen LogP contribution in [-0.2, 0) is 5.79 Å². The number of nitrogens with zero attached hydrogens (tertiary/aromatic N) is 1. The molecule has 4 nitrogen and oxygen atoms in total. The predicted octanol–water partition coefficient (Wildman–Crippen LogP) is 0.847. The molecule has 1 aliphatic heterocycles. The molecule has 0 saturated heterocycles.